The SMILES string of the molecule is CCCCc1ccc(C(=O)Nc2ccc3c(c2)CN(C)CC3)cc1. The minimum atomic E-state index is -0.0406. The minimum absolute atomic E-state index is 0.0406. The van der Waals surface area contributed by atoms with Gasteiger partial charge >= 0.3 is 0 Å². The lowest BCUT2D eigenvalue weighted by Gasteiger charge is -2.25. The first kappa shape index (κ1) is 16.7. The van der Waals surface area contributed by atoms with Gasteiger partial charge in [-0.1, -0.05) is 31.5 Å². The summed E-state index contributed by atoms with van der Waals surface area (Å²) < 4.78 is 0. The van der Waals surface area contributed by atoms with E-state index < -0.39 is 0 Å². The quantitative estimate of drug-likeness (QED) is 0.891. The van der Waals surface area contributed by atoms with Crippen LogP contribution in [0.15, 0.2) is 42.5 Å². The molecule has 0 saturated heterocycles. The molecule has 1 aliphatic heterocycles. The van der Waals surface area contributed by atoms with Crippen LogP contribution in [0.3, 0.4) is 0 Å². The second kappa shape index (κ2) is 7.63. The fraction of sp³-hybridized carbons (Fsp3) is 0.381. The summed E-state index contributed by atoms with van der Waals surface area (Å²) in [5, 5.41) is 3.03. The molecule has 1 heterocycles. The zero-order valence-electron chi connectivity index (χ0n) is 14.6. The molecule has 2 aromatic rings. The molecule has 3 heteroatoms. The van der Waals surface area contributed by atoms with Crippen LogP contribution < -0.4 is 5.32 Å². The molecule has 2 aromatic carbocycles. The van der Waals surface area contributed by atoms with E-state index in [2.05, 4.69) is 48.5 Å². The molecule has 0 saturated carbocycles. The highest BCUT2D eigenvalue weighted by atomic mass is 16.1. The lowest BCUT2D eigenvalue weighted by molar-refractivity contribution is 0.102. The van der Waals surface area contributed by atoms with Gasteiger partial charge in [-0.2, -0.15) is 0 Å². The van der Waals surface area contributed by atoms with Crippen molar-refractivity contribution in [2.24, 2.45) is 0 Å². The van der Waals surface area contributed by atoms with Crippen molar-refractivity contribution in [1.82, 2.24) is 4.90 Å². The number of carbonyl (C=O) groups is 1. The van der Waals surface area contributed by atoms with Crippen molar-refractivity contribution in [3.05, 3.63) is 64.7 Å². The van der Waals surface area contributed by atoms with Gasteiger partial charge in [0.05, 0.1) is 0 Å². The van der Waals surface area contributed by atoms with Gasteiger partial charge < -0.3 is 10.2 Å². The maximum atomic E-state index is 12.5. The Morgan fingerprint density at radius 1 is 1.12 bits per heavy atom. The number of aryl methyl sites for hydroxylation is 1. The van der Waals surface area contributed by atoms with Crippen molar-refractivity contribution < 1.29 is 4.79 Å². The number of anilines is 1. The van der Waals surface area contributed by atoms with Crippen molar-refractivity contribution in [2.75, 3.05) is 18.9 Å². The normalized spacial score (nSPS) is 14.2. The molecule has 1 aliphatic rings. The number of hydrogen-bond donors (Lipinski definition) is 1. The molecule has 3 rings (SSSR count). The molecule has 0 aromatic heterocycles. The number of carbonyl (C=O) groups excluding carboxylic acids is 1. The summed E-state index contributed by atoms with van der Waals surface area (Å²) in [6.45, 7) is 4.24. The van der Waals surface area contributed by atoms with Gasteiger partial charge in [0.25, 0.3) is 5.91 Å². The second-order valence-electron chi connectivity index (χ2n) is 6.73. The summed E-state index contributed by atoms with van der Waals surface area (Å²) in [5.41, 5.74) is 5.60. The predicted octanol–water partition coefficient (Wildman–Crippen LogP) is 4.27. The molecule has 1 amide bonds. The maximum Gasteiger partial charge on any atom is 0.255 e. The number of unbranched alkanes of at least 4 members (excludes halogenated alkanes) is 1. The average Bonchev–Trinajstić information content (AvgIpc) is 2.60. The van der Waals surface area contributed by atoms with Gasteiger partial charge in [0, 0.05) is 24.3 Å². The molecule has 3 nitrogen and oxygen atoms in total. The van der Waals surface area contributed by atoms with E-state index in [-0.39, 0.29) is 5.91 Å². The summed E-state index contributed by atoms with van der Waals surface area (Å²) in [7, 11) is 2.13. The lowest BCUT2D eigenvalue weighted by Crippen LogP contribution is -2.26. The number of fused-ring (bicyclic) bond motifs is 1. The molecule has 0 spiro atoms. The van der Waals surface area contributed by atoms with Gasteiger partial charge in [-0.05, 0) is 67.3 Å². The minimum Gasteiger partial charge on any atom is -0.322 e. The van der Waals surface area contributed by atoms with Crippen LogP contribution >= 0.6 is 0 Å². The Morgan fingerprint density at radius 3 is 2.67 bits per heavy atom. The van der Waals surface area contributed by atoms with E-state index in [1.165, 1.54) is 29.5 Å². The number of hydrogen-bond acceptors (Lipinski definition) is 2. The molecule has 1 N–H and O–H groups in total. The first-order chi connectivity index (χ1) is 11.7. The summed E-state index contributed by atoms with van der Waals surface area (Å²) in [4.78, 5) is 14.8. The first-order valence-electron chi connectivity index (χ1n) is 8.86. The van der Waals surface area contributed by atoms with E-state index in [4.69, 9.17) is 0 Å². The van der Waals surface area contributed by atoms with Gasteiger partial charge in [0.1, 0.15) is 0 Å². The molecule has 0 unspecified atom stereocenters. The largest absolute Gasteiger partial charge is 0.322 e. The standard InChI is InChI=1S/C21H26N2O/c1-3-4-5-16-6-8-18(9-7-16)21(24)22-20-11-10-17-12-13-23(2)15-19(17)14-20/h6-11,14H,3-5,12-13,15H2,1-2H3,(H,22,24). The number of nitrogens with zero attached hydrogens (tertiary/aromatic N) is 1. The van der Waals surface area contributed by atoms with Crippen LogP contribution in [-0.4, -0.2) is 24.4 Å². The van der Waals surface area contributed by atoms with E-state index in [0.717, 1.165) is 31.6 Å². The zero-order chi connectivity index (χ0) is 16.9. The molecule has 0 atom stereocenters. The highest BCUT2D eigenvalue weighted by Gasteiger charge is 2.14. The topological polar surface area (TPSA) is 32.3 Å². The Morgan fingerprint density at radius 2 is 1.92 bits per heavy atom. The lowest BCUT2D eigenvalue weighted by atomic mass is 9.99. The van der Waals surface area contributed by atoms with Gasteiger partial charge in [0.15, 0.2) is 0 Å². The Labute approximate surface area is 144 Å². The fourth-order valence-corrected chi connectivity index (χ4v) is 3.18. The fourth-order valence-electron chi connectivity index (χ4n) is 3.18. The van der Waals surface area contributed by atoms with Gasteiger partial charge in [-0.15, -0.1) is 0 Å². The highest BCUT2D eigenvalue weighted by Crippen LogP contribution is 2.22. The molecule has 0 radical (unpaired) electrons. The van der Waals surface area contributed by atoms with E-state index in [0.29, 0.717) is 5.56 Å². The first-order valence-corrected chi connectivity index (χ1v) is 8.86. The van der Waals surface area contributed by atoms with Crippen molar-refractivity contribution in [1.29, 1.82) is 0 Å². The molecular weight excluding hydrogens is 296 g/mol. The number of amides is 1. The summed E-state index contributed by atoms with van der Waals surface area (Å²) in [5.74, 6) is -0.0406. The van der Waals surface area contributed by atoms with Crippen LogP contribution in [0.1, 0.15) is 46.8 Å². The smallest absolute Gasteiger partial charge is 0.255 e. The van der Waals surface area contributed by atoms with E-state index in [1.54, 1.807) is 0 Å². The van der Waals surface area contributed by atoms with E-state index in [1.807, 2.05) is 18.2 Å². The van der Waals surface area contributed by atoms with Crippen LogP contribution in [0.25, 0.3) is 0 Å². The molecule has 24 heavy (non-hydrogen) atoms. The Hall–Kier alpha value is -2.13. The van der Waals surface area contributed by atoms with Crippen molar-refractivity contribution >= 4 is 11.6 Å². The van der Waals surface area contributed by atoms with E-state index >= 15 is 0 Å². The maximum absolute atomic E-state index is 12.5. The van der Waals surface area contributed by atoms with Gasteiger partial charge in [-0.3, -0.25) is 4.79 Å². The van der Waals surface area contributed by atoms with Crippen molar-refractivity contribution in [3.8, 4) is 0 Å². The Balaban J connectivity index is 1.67. The van der Waals surface area contributed by atoms with Crippen LogP contribution in [0.4, 0.5) is 5.69 Å². The average molecular weight is 322 g/mol. The number of nitrogens with one attached hydrogen (secondary N) is 1. The Kier molecular flexibility index (Phi) is 5.31. The molecule has 0 aliphatic carbocycles. The van der Waals surface area contributed by atoms with Crippen LogP contribution in [0, 0.1) is 0 Å². The number of likely N-dealkylation sites (N-methyl/N-ethyl adjacent to an activating group) is 1. The highest BCUT2D eigenvalue weighted by molar-refractivity contribution is 6.04. The molecule has 0 fully saturated rings. The van der Waals surface area contributed by atoms with Crippen molar-refractivity contribution in [3.63, 3.8) is 0 Å². The third-order valence-electron chi connectivity index (χ3n) is 4.70. The second-order valence-corrected chi connectivity index (χ2v) is 6.73. The summed E-state index contributed by atoms with van der Waals surface area (Å²) in [6.07, 6.45) is 4.54. The summed E-state index contributed by atoms with van der Waals surface area (Å²) >= 11 is 0. The monoisotopic (exact) mass is 322 g/mol. The van der Waals surface area contributed by atoms with Crippen LogP contribution in [0.5, 0.6) is 0 Å². The number of rotatable bonds is 5. The molecule has 126 valence electrons. The van der Waals surface area contributed by atoms with Crippen LogP contribution in [-0.2, 0) is 19.4 Å². The van der Waals surface area contributed by atoms with Crippen molar-refractivity contribution in [2.45, 2.75) is 39.2 Å². The number of benzene rings is 2. The van der Waals surface area contributed by atoms with Crippen LogP contribution in [0.2, 0.25) is 0 Å². The molecule has 0 bridgehead atoms. The third-order valence-corrected chi connectivity index (χ3v) is 4.70. The van der Waals surface area contributed by atoms with E-state index in [9.17, 15) is 4.79 Å². The molecular formula is C21H26N2O. The van der Waals surface area contributed by atoms with Gasteiger partial charge in [0.2, 0.25) is 0 Å². The Bertz CT molecular complexity index is 706. The summed E-state index contributed by atoms with van der Waals surface area (Å²) in [6, 6.07) is 14.2. The zero-order valence-corrected chi connectivity index (χ0v) is 14.6. The predicted molar refractivity (Wildman–Crippen MR) is 99.5 cm³/mol. The van der Waals surface area contributed by atoms with Gasteiger partial charge in [-0.25, -0.2) is 0 Å². The third kappa shape index (κ3) is 4.04.